The fourth-order valence-corrected chi connectivity index (χ4v) is 2.72. The van der Waals surface area contributed by atoms with Gasteiger partial charge in [-0.2, -0.15) is 0 Å². The summed E-state index contributed by atoms with van der Waals surface area (Å²) in [5, 5.41) is 9.26. The number of aliphatic hydroxyl groups is 1. The summed E-state index contributed by atoms with van der Waals surface area (Å²) in [6.45, 7) is 7.27. The molecule has 20 heavy (non-hydrogen) atoms. The van der Waals surface area contributed by atoms with Crippen LogP contribution in [0.1, 0.15) is 33.0 Å². The molecule has 0 saturated heterocycles. The van der Waals surface area contributed by atoms with Crippen molar-refractivity contribution in [2.45, 2.75) is 46.2 Å². The molecular formula is C16H25N3O. The van der Waals surface area contributed by atoms with Gasteiger partial charge in [-0.05, 0) is 24.0 Å². The number of hydrogen-bond acceptors (Lipinski definition) is 3. The van der Waals surface area contributed by atoms with Gasteiger partial charge in [0.05, 0.1) is 17.6 Å². The topological polar surface area (TPSA) is 64.1 Å². The van der Waals surface area contributed by atoms with Crippen LogP contribution in [-0.2, 0) is 13.0 Å². The molecule has 0 fully saturated rings. The normalized spacial score (nSPS) is 13.8. The summed E-state index contributed by atoms with van der Waals surface area (Å²) in [7, 11) is 0. The van der Waals surface area contributed by atoms with E-state index in [0.29, 0.717) is 6.54 Å². The Bertz CT molecular complexity index is 569. The maximum atomic E-state index is 9.26. The van der Waals surface area contributed by atoms with Gasteiger partial charge in [-0.15, -0.1) is 0 Å². The number of hydrogen-bond donors (Lipinski definition) is 2. The zero-order chi connectivity index (χ0) is 14.8. The molecule has 0 aliphatic rings. The lowest BCUT2D eigenvalue weighted by atomic mass is 9.87. The van der Waals surface area contributed by atoms with Crippen LogP contribution in [0, 0.1) is 5.41 Å². The average Bonchev–Trinajstić information content (AvgIpc) is 2.66. The molecule has 3 N–H and O–H groups in total. The third-order valence-corrected chi connectivity index (χ3v) is 3.38. The van der Waals surface area contributed by atoms with Crippen molar-refractivity contribution in [3.63, 3.8) is 0 Å². The molecule has 4 heteroatoms. The van der Waals surface area contributed by atoms with Crippen LogP contribution in [0.2, 0.25) is 0 Å². The Hall–Kier alpha value is -1.39. The molecule has 0 saturated carbocycles. The third-order valence-electron chi connectivity index (χ3n) is 3.38. The van der Waals surface area contributed by atoms with Crippen molar-refractivity contribution in [2.75, 3.05) is 6.61 Å². The predicted molar refractivity (Wildman–Crippen MR) is 82.6 cm³/mol. The highest BCUT2D eigenvalue weighted by molar-refractivity contribution is 5.75. The lowest BCUT2D eigenvalue weighted by molar-refractivity contribution is 0.274. The van der Waals surface area contributed by atoms with Gasteiger partial charge in [-0.25, -0.2) is 4.98 Å². The minimum Gasteiger partial charge on any atom is -0.395 e. The first-order valence-electron chi connectivity index (χ1n) is 7.21. The number of aromatic nitrogens is 2. The van der Waals surface area contributed by atoms with E-state index in [4.69, 9.17) is 5.73 Å². The maximum absolute atomic E-state index is 9.26. The van der Waals surface area contributed by atoms with Crippen LogP contribution < -0.4 is 5.73 Å². The van der Waals surface area contributed by atoms with E-state index in [2.05, 4.69) is 30.3 Å². The number of rotatable bonds is 5. The largest absolute Gasteiger partial charge is 0.395 e. The quantitative estimate of drug-likeness (QED) is 0.880. The summed E-state index contributed by atoms with van der Waals surface area (Å²) < 4.78 is 2.08. The van der Waals surface area contributed by atoms with E-state index in [1.165, 1.54) is 0 Å². The highest BCUT2D eigenvalue weighted by atomic mass is 16.3. The minimum absolute atomic E-state index is 0.0873. The SMILES string of the molecule is CC(C)(C)CC(N)Cc1nc2ccccc2n1CCO. The molecule has 2 rings (SSSR count). The van der Waals surface area contributed by atoms with Crippen molar-refractivity contribution in [2.24, 2.45) is 11.1 Å². The first-order valence-corrected chi connectivity index (χ1v) is 7.21. The molecule has 1 atom stereocenters. The Labute approximate surface area is 120 Å². The third kappa shape index (κ3) is 3.58. The Balaban J connectivity index is 2.26. The zero-order valence-electron chi connectivity index (χ0n) is 12.6. The molecule has 1 heterocycles. The van der Waals surface area contributed by atoms with Gasteiger partial charge in [0, 0.05) is 19.0 Å². The molecule has 1 aromatic carbocycles. The zero-order valence-corrected chi connectivity index (χ0v) is 12.6. The molecule has 0 bridgehead atoms. The molecule has 0 aliphatic carbocycles. The lowest BCUT2D eigenvalue weighted by Crippen LogP contribution is -2.29. The van der Waals surface area contributed by atoms with Gasteiger partial charge in [-0.3, -0.25) is 0 Å². The van der Waals surface area contributed by atoms with Crippen molar-refractivity contribution in [1.82, 2.24) is 9.55 Å². The van der Waals surface area contributed by atoms with Crippen LogP contribution >= 0.6 is 0 Å². The summed E-state index contributed by atoms with van der Waals surface area (Å²) in [5.74, 6) is 0.969. The molecule has 1 aromatic heterocycles. The number of nitrogens with zero attached hydrogens (tertiary/aromatic N) is 2. The number of imidazole rings is 1. The Morgan fingerprint density at radius 2 is 2.00 bits per heavy atom. The first-order chi connectivity index (χ1) is 9.40. The van der Waals surface area contributed by atoms with Crippen LogP contribution in [0.15, 0.2) is 24.3 Å². The molecule has 0 aliphatic heterocycles. The number of nitrogens with two attached hydrogens (primary N) is 1. The van der Waals surface area contributed by atoms with Crippen molar-refractivity contribution >= 4 is 11.0 Å². The smallest absolute Gasteiger partial charge is 0.111 e. The van der Waals surface area contributed by atoms with Crippen molar-refractivity contribution in [3.05, 3.63) is 30.1 Å². The number of benzene rings is 1. The van der Waals surface area contributed by atoms with Gasteiger partial charge in [-0.1, -0.05) is 32.9 Å². The van der Waals surface area contributed by atoms with Crippen molar-refractivity contribution in [1.29, 1.82) is 0 Å². The van der Waals surface area contributed by atoms with E-state index in [1.54, 1.807) is 0 Å². The van der Waals surface area contributed by atoms with Crippen LogP contribution in [-0.4, -0.2) is 27.3 Å². The predicted octanol–water partition coefficient (Wildman–Crippen LogP) is 2.33. The molecule has 0 amide bonds. The van der Waals surface area contributed by atoms with Gasteiger partial charge in [0.2, 0.25) is 0 Å². The molecule has 2 aromatic rings. The number of fused-ring (bicyclic) bond motifs is 1. The summed E-state index contributed by atoms with van der Waals surface area (Å²) in [4.78, 5) is 4.67. The lowest BCUT2D eigenvalue weighted by Gasteiger charge is -2.23. The standard InChI is InChI=1S/C16H25N3O/c1-16(2,3)11-12(17)10-15-18-13-6-4-5-7-14(13)19(15)8-9-20/h4-7,12,20H,8-11,17H2,1-3H3. The average molecular weight is 275 g/mol. The van der Waals surface area contributed by atoms with E-state index in [-0.39, 0.29) is 18.1 Å². The van der Waals surface area contributed by atoms with Crippen LogP contribution in [0.4, 0.5) is 0 Å². The minimum atomic E-state index is 0.0873. The Morgan fingerprint density at radius 1 is 1.30 bits per heavy atom. The van der Waals surface area contributed by atoms with Gasteiger partial charge < -0.3 is 15.4 Å². The fourth-order valence-electron chi connectivity index (χ4n) is 2.72. The molecule has 1 unspecified atom stereocenters. The number of aliphatic hydroxyl groups excluding tert-OH is 1. The second-order valence-electron chi connectivity index (χ2n) is 6.62. The van der Waals surface area contributed by atoms with Gasteiger partial charge in [0.15, 0.2) is 0 Å². The second kappa shape index (κ2) is 5.94. The maximum Gasteiger partial charge on any atom is 0.111 e. The van der Waals surface area contributed by atoms with Crippen LogP contribution in [0.5, 0.6) is 0 Å². The monoisotopic (exact) mass is 275 g/mol. The molecule has 110 valence electrons. The number of para-hydroxylation sites is 2. The molecule has 0 radical (unpaired) electrons. The second-order valence-corrected chi connectivity index (χ2v) is 6.62. The molecular weight excluding hydrogens is 250 g/mol. The molecule has 4 nitrogen and oxygen atoms in total. The highest BCUT2D eigenvalue weighted by Gasteiger charge is 2.19. The van der Waals surface area contributed by atoms with E-state index >= 15 is 0 Å². The van der Waals surface area contributed by atoms with Crippen LogP contribution in [0.3, 0.4) is 0 Å². The van der Waals surface area contributed by atoms with Crippen LogP contribution in [0.25, 0.3) is 11.0 Å². The van der Waals surface area contributed by atoms with E-state index in [0.717, 1.165) is 29.7 Å². The van der Waals surface area contributed by atoms with Crippen molar-refractivity contribution in [3.8, 4) is 0 Å². The first kappa shape index (κ1) is 15.0. The highest BCUT2D eigenvalue weighted by Crippen LogP contribution is 2.23. The Morgan fingerprint density at radius 3 is 2.65 bits per heavy atom. The van der Waals surface area contributed by atoms with Gasteiger partial charge in [0.1, 0.15) is 5.82 Å². The molecule has 0 spiro atoms. The van der Waals surface area contributed by atoms with Crippen molar-refractivity contribution < 1.29 is 5.11 Å². The van der Waals surface area contributed by atoms with Gasteiger partial charge in [0.25, 0.3) is 0 Å². The fraction of sp³-hybridized carbons (Fsp3) is 0.562. The summed E-state index contributed by atoms with van der Waals surface area (Å²) >= 11 is 0. The summed E-state index contributed by atoms with van der Waals surface area (Å²) in [6, 6.07) is 8.11. The Kier molecular flexibility index (Phi) is 4.45. The summed E-state index contributed by atoms with van der Waals surface area (Å²) in [5.41, 5.74) is 8.52. The van der Waals surface area contributed by atoms with E-state index in [1.807, 2.05) is 24.3 Å². The summed E-state index contributed by atoms with van der Waals surface area (Å²) in [6.07, 6.45) is 1.70. The van der Waals surface area contributed by atoms with Gasteiger partial charge >= 0.3 is 0 Å². The van der Waals surface area contributed by atoms with E-state index < -0.39 is 0 Å². The van der Waals surface area contributed by atoms with E-state index in [9.17, 15) is 5.11 Å².